The van der Waals surface area contributed by atoms with Crippen LogP contribution in [0.25, 0.3) is 0 Å². The molecule has 1 aromatic carbocycles. The molecule has 1 aliphatic rings. The molecule has 0 bridgehead atoms. The third-order valence-corrected chi connectivity index (χ3v) is 5.36. The van der Waals surface area contributed by atoms with Crippen LogP contribution in [-0.4, -0.2) is 47.3 Å². The molecule has 1 aromatic heterocycles. The summed E-state index contributed by atoms with van der Waals surface area (Å²) in [5.74, 6) is 0.206. The highest BCUT2D eigenvalue weighted by molar-refractivity contribution is 7.11. The van der Waals surface area contributed by atoms with Gasteiger partial charge in [0, 0.05) is 24.4 Å². The van der Waals surface area contributed by atoms with Crippen molar-refractivity contribution in [3.8, 4) is 5.75 Å². The molecule has 3 rings (SSSR count). The zero-order valence-corrected chi connectivity index (χ0v) is 15.3. The average molecular weight is 361 g/mol. The number of phenolic OH excluding ortho intramolecular Hbond substituents is 1. The Morgan fingerprint density at radius 1 is 1.48 bits per heavy atom. The standard InChI is InChI=1S/C18H23N3O3S/c1-12-17(25-13(2)20-12)6-7-19-18(23)21-8-9-24-16(11-21)14-4-3-5-15(22)10-14/h3-5,10,16,22H,6-9,11H2,1-2H3,(H,19,23). The number of hydrogen-bond acceptors (Lipinski definition) is 5. The Hall–Kier alpha value is -2.12. The number of urea groups is 1. The SMILES string of the molecule is Cc1nc(C)c(CCNC(=O)N2CCOC(c3cccc(O)c3)C2)s1. The summed E-state index contributed by atoms with van der Waals surface area (Å²) in [6, 6.07) is 6.92. The summed E-state index contributed by atoms with van der Waals surface area (Å²) >= 11 is 1.68. The molecule has 0 saturated carbocycles. The Morgan fingerprint density at radius 2 is 2.32 bits per heavy atom. The molecule has 2 aromatic rings. The molecule has 0 spiro atoms. The number of benzene rings is 1. The molecule has 6 nitrogen and oxygen atoms in total. The summed E-state index contributed by atoms with van der Waals surface area (Å²) < 4.78 is 5.75. The van der Waals surface area contributed by atoms with E-state index in [1.54, 1.807) is 34.4 Å². The van der Waals surface area contributed by atoms with E-state index in [1.807, 2.05) is 19.9 Å². The van der Waals surface area contributed by atoms with E-state index in [0.29, 0.717) is 26.2 Å². The smallest absolute Gasteiger partial charge is 0.317 e. The van der Waals surface area contributed by atoms with Crippen LogP contribution in [0.5, 0.6) is 5.75 Å². The first-order valence-electron chi connectivity index (χ1n) is 8.39. The molecule has 1 aliphatic heterocycles. The van der Waals surface area contributed by atoms with Gasteiger partial charge in [-0.1, -0.05) is 12.1 Å². The van der Waals surface area contributed by atoms with Gasteiger partial charge in [0.25, 0.3) is 0 Å². The maximum atomic E-state index is 12.4. The lowest BCUT2D eigenvalue weighted by atomic mass is 10.1. The molecule has 1 atom stereocenters. The maximum absolute atomic E-state index is 12.4. The van der Waals surface area contributed by atoms with Crippen molar-refractivity contribution < 1.29 is 14.6 Å². The molecule has 2 heterocycles. The van der Waals surface area contributed by atoms with Gasteiger partial charge in [0.1, 0.15) is 11.9 Å². The van der Waals surface area contributed by atoms with Crippen molar-refractivity contribution in [3.05, 3.63) is 45.4 Å². The van der Waals surface area contributed by atoms with Gasteiger partial charge in [-0.3, -0.25) is 0 Å². The topological polar surface area (TPSA) is 74.7 Å². The van der Waals surface area contributed by atoms with E-state index < -0.39 is 0 Å². The lowest BCUT2D eigenvalue weighted by Crippen LogP contribution is -2.47. The Bertz CT molecular complexity index is 747. The normalized spacial score (nSPS) is 17.5. The summed E-state index contributed by atoms with van der Waals surface area (Å²) in [4.78, 5) is 19.8. The van der Waals surface area contributed by atoms with Crippen molar-refractivity contribution in [1.29, 1.82) is 0 Å². The van der Waals surface area contributed by atoms with Gasteiger partial charge in [-0.05, 0) is 31.5 Å². The minimum atomic E-state index is -0.210. The molecular formula is C18H23N3O3S. The van der Waals surface area contributed by atoms with Gasteiger partial charge >= 0.3 is 6.03 Å². The largest absolute Gasteiger partial charge is 0.508 e. The van der Waals surface area contributed by atoms with E-state index in [9.17, 15) is 9.90 Å². The number of rotatable bonds is 4. The average Bonchev–Trinajstić information content (AvgIpc) is 2.92. The lowest BCUT2D eigenvalue weighted by Gasteiger charge is -2.33. The van der Waals surface area contributed by atoms with E-state index in [0.717, 1.165) is 22.7 Å². The molecule has 25 heavy (non-hydrogen) atoms. The zero-order chi connectivity index (χ0) is 17.8. The van der Waals surface area contributed by atoms with Crippen LogP contribution in [0.3, 0.4) is 0 Å². The van der Waals surface area contributed by atoms with Crippen molar-refractivity contribution in [1.82, 2.24) is 15.2 Å². The number of nitrogens with one attached hydrogen (secondary N) is 1. The number of carbonyl (C=O) groups is 1. The fourth-order valence-corrected chi connectivity index (χ4v) is 3.90. The summed E-state index contributed by atoms with van der Waals surface area (Å²) in [5.41, 5.74) is 1.93. The van der Waals surface area contributed by atoms with Crippen molar-refractivity contribution >= 4 is 17.4 Å². The Kier molecular flexibility index (Phi) is 5.55. The van der Waals surface area contributed by atoms with Crippen molar-refractivity contribution in [2.45, 2.75) is 26.4 Å². The number of hydrogen-bond donors (Lipinski definition) is 2. The van der Waals surface area contributed by atoms with Crippen molar-refractivity contribution in [3.63, 3.8) is 0 Å². The second kappa shape index (κ2) is 7.84. The molecule has 1 saturated heterocycles. The second-order valence-corrected chi connectivity index (χ2v) is 7.41. The highest BCUT2D eigenvalue weighted by Gasteiger charge is 2.25. The lowest BCUT2D eigenvalue weighted by molar-refractivity contribution is -0.0154. The fraction of sp³-hybridized carbons (Fsp3) is 0.444. The maximum Gasteiger partial charge on any atom is 0.317 e. The number of thiazole rings is 1. The first kappa shape index (κ1) is 17.7. The minimum Gasteiger partial charge on any atom is -0.508 e. The van der Waals surface area contributed by atoms with E-state index in [4.69, 9.17) is 4.74 Å². The molecule has 7 heteroatoms. The molecular weight excluding hydrogens is 338 g/mol. The van der Waals surface area contributed by atoms with Gasteiger partial charge in [0.2, 0.25) is 0 Å². The van der Waals surface area contributed by atoms with Crippen LogP contribution < -0.4 is 5.32 Å². The molecule has 134 valence electrons. The Balaban J connectivity index is 1.52. The zero-order valence-electron chi connectivity index (χ0n) is 14.5. The number of ether oxygens (including phenoxy) is 1. The van der Waals surface area contributed by atoms with Crippen LogP contribution in [0.2, 0.25) is 0 Å². The number of aromatic hydroxyl groups is 1. The van der Waals surface area contributed by atoms with Gasteiger partial charge in [0.15, 0.2) is 0 Å². The number of phenols is 1. The van der Waals surface area contributed by atoms with Crippen LogP contribution in [0, 0.1) is 13.8 Å². The molecule has 0 radical (unpaired) electrons. The summed E-state index contributed by atoms with van der Waals surface area (Å²) in [7, 11) is 0. The molecule has 0 aliphatic carbocycles. The second-order valence-electron chi connectivity index (χ2n) is 6.12. The van der Waals surface area contributed by atoms with Gasteiger partial charge in [-0.2, -0.15) is 0 Å². The fourth-order valence-electron chi connectivity index (χ4n) is 2.96. The van der Waals surface area contributed by atoms with Crippen LogP contribution in [0.1, 0.15) is 27.2 Å². The third-order valence-electron chi connectivity index (χ3n) is 4.22. The predicted molar refractivity (Wildman–Crippen MR) is 97.1 cm³/mol. The number of aromatic nitrogens is 1. The van der Waals surface area contributed by atoms with E-state index >= 15 is 0 Å². The van der Waals surface area contributed by atoms with Crippen molar-refractivity contribution in [2.24, 2.45) is 0 Å². The number of nitrogens with zero attached hydrogens (tertiary/aromatic N) is 2. The van der Waals surface area contributed by atoms with Gasteiger partial charge in [-0.15, -0.1) is 11.3 Å². The molecule has 1 fully saturated rings. The third kappa shape index (κ3) is 4.49. The highest BCUT2D eigenvalue weighted by atomic mass is 32.1. The predicted octanol–water partition coefficient (Wildman–Crippen LogP) is 2.79. The Morgan fingerprint density at radius 3 is 3.04 bits per heavy atom. The number of aryl methyl sites for hydroxylation is 2. The molecule has 2 amide bonds. The summed E-state index contributed by atoms with van der Waals surface area (Å²) in [6.45, 7) is 6.13. The van der Waals surface area contributed by atoms with Crippen molar-refractivity contribution in [2.75, 3.05) is 26.2 Å². The quantitative estimate of drug-likeness (QED) is 0.878. The van der Waals surface area contributed by atoms with Gasteiger partial charge in [-0.25, -0.2) is 9.78 Å². The van der Waals surface area contributed by atoms with E-state index in [1.165, 1.54) is 4.88 Å². The number of morpholine rings is 1. The number of amides is 2. The Labute approximate surface area is 151 Å². The van der Waals surface area contributed by atoms with Crippen LogP contribution in [0.4, 0.5) is 4.79 Å². The monoisotopic (exact) mass is 361 g/mol. The van der Waals surface area contributed by atoms with Crippen LogP contribution in [0.15, 0.2) is 24.3 Å². The first-order chi connectivity index (χ1) is 12.0. The minimum absolute atomic E-state index is 0.0765. The van der Waals surface area contributed by atoms with Gasteiger partial charge < -0.3 is 20.1 Å². The first-order valence-corrected chi connectivity index (χ1v) is 9.21. The van der Waals surface area contributed by atoms with Crippen LogP contribution >= 0.6 is 11.3 Å². The highest BCUT2D eigenvalue weighted by Crippen LogP contribution is 2.25. The van der Waals surface area contributed by atoms with Crippen LogP contribution in [-0.2, 0) is 11.2 Å². The summed E-state index contributed by atoms with van der Waals surface area (Å²) in [5, 5.41) is 13.7. The molecule has 2 N–H and O–H groups in total. The summed E-state index contributed by atoms with van der Waals surface area (Å²) in [6.07, 6.45) is 0.585. The number of carbonyl (C=O) groups excluding carboxylic acids is 1. The van der Waals surface area contributed by atoms with E-state index in [2.05, 4.69) is 10.3 Å². The molecule has 1 unspecified atom stereocenters. The van der Waals surface area contributed by atoms with E-state index in [-0.39, 0.29) is 17.9 Å². The van der Waals surface area contributed by atoms with Gasteiger partial charge in [0.05, 0.1) is 23.9 Å².